The molecule has 7 nitrogen and oxygen atoms in total. The molecule has 0 aliphatic heterocycles. The highest BCUT2D eigenvalue weighted by Crippen LogP contribution is 2.28. The number of hydrogen-bond donors (Lipinski definition) is 3. The summed E-state index contributed by atoms with van der Waals surface area (Å²) in [6.45, 7) is 5.16. The molecule has 0 aliphatic rings. The Kier molecular flexibility index (Phi) is 4.45. The number of amides is 1. The van der Waals surface area contributed by atoms with Crippen LogP contribution in [0.4, 0.5) is 10.5 Å². The number of benzene rings is 2. The predicted octanol–water partition coefficient (Wildman–Crippen LogP) is 3.58. The van der Waals surface area contributed by atoms with Crippen molar-refractivity contribution in [3.8, 4) is 0 Å². The SMILES string of the molecule is CC(C)(C)OC(=O)Nc1ccc(C(=O)O)c2cc(C(=O)O)ccc12. The molecule has 1 amide bonds. The van der Waals surface area contributed by atoms with Crippen molar-refractivity contribution < 1.29 is 29.3 Å². The van der Waals surface area contributed by atoms with Crippen molar-refractivity contribution in [1.29, 1.82) is 0 Å². The lowest BCUT2D eigenvalue weighted by molar-refractivity contribution is 0.0633. The average Bonchev–Trinajstić information content (AvgIpc) is 2.44. The number of fused-ring (bicyclic) bond motifs is 1. The van der Waals surface area contributed by atoms with E-state index in [4.69, 9.17) is 9.84 Å². The lowest BCUT2D eigenvalue weighted by Crippen LogP contribution is -2.27. The number of rotatable bonds is 3. The molecule has 0 bridgehead atoms. The van der Waals surface area contributed by atoms with Crippen LogP contribution in [0.5, 0.6) is 0 Å². The summed E-state index contributed by atoms with van der Waals surface area (Å²) in [4.78, 5) is 34.4. The van der Waals surface area contributed by atoms with E-state index < -0.39 is 23.6 Å². The zero-order chi connectivity index (χ0) is 18.1. The van der Waals surface area contributed by atoms with Gasteiger partial charge in [-0.05, 0) is 50.4 Å². The van der Waals surface area contributed by atoms with Gasteiger partial charge in [0.1, 0.15) is 5.60 Å². The zero-order valence-electron chi connectivity index (χ0n) is 13.4. The molecule has 0 aliphatic carbocycles. The summed E-state index contributed by atoms with van der Waals surface area (Å²) in [7, 11) is 0. The van der Waals surface area contributed by atoms with Gasteiger partial charge in [-0.2, -0.15) is 0 Å². The topological polar surface area (TPSA) is 113 Å². The zero-order valence-corrected chi connectivity index (χ0v) is 13.4. The fourth-order valence-electron chi connectivity index (χ4n) is 2.19. The van der Waals surface area contributed by atoms with Gasteiger partial charge in [0.05, 0.1) is 16.8 Å². The van der Waals surface area contributed by atoms with Gasteiger partial charge in [-0.15, -0.1) is 0 Å². The number of carbonyl (C=O) groups excluding carboxylic acids is 1. The molecule has 3 N–H and O–H groups in total. The van der Waals surface area contributed by atoms with Gasteiger partial charge < -0.3 is 14.9 Å². The molecule has 2 aromatic carbocycles. The summed E-state index contributed by atoms with van der Waals surface area (Å²) in [6, 6.07) is 6.81. The monoisotopic (exact) mass is 331 g/mol. The van der Waals surface area contributed by atoms with E-state index in [9.17, 15) is 19.5 Å². The number of nitrogens with one attached hydrogen (secondary N) is 1. The second-order valence-corrected chi connectivity index (χ2v) is 6.16. The van der Waals surface area contributed by atoms with Crippen molar-refractivity contribution >= 4 is 34.5 Å². The number of carbonyl (C=O) groups is 3. The van der Waals surface area contributed by atoms with Gasteiger partial charge in [-0.3, -0.25) is 5.32 Å². The van der Waals surface area contributed by atoms with Gasteiger partial charge in [-0.25, -0.2) is 14.4 Å². The third kappa shape index (κ3) is 3.81. The number of anilines is 1. The van der Waals surface area contributed by atoms with Crippen LogP contribution in [0.1, 0.15) is 41.5 Å². The average molecular weight is 331 g/mol. The maximum absolute atomic E-state index is 11.9. The first-order chi connectivity index (χ1) is 11.1. The van der Waals surface area contributed by atoms with Crippen LogP contribution < -0.4 is 5.32 Å². The Hall–Kier alpha value is -3.09. The van der Waals surface area contributed by atoms with Crippen molar-refractivity contribution in [2.75, 3.05) is 5.32 Å². The summed E-state index contributed by atoms with van der Waals surface area (Å²) < 4.78 is 5.17. The van der Waals surface area contributed by atoms with E-state index in [2.05, 4.69) is 5.32 Å². The Bertz CT molecular complexity index is 835. The highest BCUT2D eigenvalue weighted by atomic mass is 16.6. The first-order valence-corrected chi connectivity index (χ1v) is 7.12. The van der Waals surface area contributed by atoms with Crippen LogP contribution in [-0.4, -0.2) is 33.8 Å². The quantitative estimate of drug-likeness (QED) is 0.792. The molecule has 0 fully saturated rings. The molecule has 0 saturated carbocycles. The van der Waals surface area contributed by atoms with E-state index in [1.807, 2.05) is 0 Å². The normalized spacial score (nSPS) is 11.1. The van der Waals surface area contributed by atoms with Crippen LogP contribution in [0.15, 0.2) is 30.3 Å². The van der Waals surface area contributed by atoms with Gasteiger partial charge in [-0.1, -0.05) is 6.07 Å². The fourth-order valence-corrected chi connectivity index (χ4v) is 2.19. The van der Waals surface area contributed by atoms with E-state index in [0.717, 1.165) is 0 Å². The highest BCUT2D eigenvalue weighted by Gasteiger charge is 2.19. The van der Waals surface area contributed by atoms with Crippen molar-refractivity contribution in [1.82, 2.24) is 0 Å². The van der Waals surface area contributed by atoms with Crippen LogP contribution in [0, 0.1) is 0 Å². The standard InChI is InChI=1S/C17H17NO6/c1-17(2,3)24-16(23)18-13-7-6-11(15(21)22)12-8-9(14(19)20)4-5-10(12)13/h4-8H,1-3H3,(H,18,23)(H,19,20)(H,21,22). The molecule has 0 radical (unpaired) electrons. The maximum atomic E-state index is 11.9. The fraction of sp³-hybridized carbons (Fsp3) is 0.235. The molecule has 0 heterocycles. The summed E-state index contributed by atoms with van der Waals surface area (Å²) in [5.74, 6) is -2.36. The number of aromatic carboxylic acids is 2. The first kappa shape index (κ1) is 17.3. The van der Waals surface area contributed by atoms with Crippen LogP contribution in [0.25, 0.3) is 10.8 Å². The van der Waals surface area contributed by atoms with Crippen LogP contribution >= 0.6 is 0 Å². The van der Waals surface area contributed by atoms with E-state index in [1.54, 1.807) is 20.8 Å². The Morgan fingerprint density at radius 1 is 0.958 bits per heavy atom. The Morgan fingerprint density at radius 2 is 1.62 bits per heavy atom. The molecule has 24 heavy (non-hydrogen) atoms. The molecule has 126 valence electrons. The van der Waals surface area contributed by atoms with Crippen molar-refractivity contribution in [3.05, 3.63) is 41.5 Å². The van der Waals surface area contributed by atoms with Crippen molar-refractivity contribution in [2.45, 2.75) is 26.4 Å². The second-order valence-electron chi connectivity index (χ2n) is 6.16. The third-order valence-corrected chi connectivity index (χ3v) is 3.13. The van der Waals surface area contributed by atoms with Gasteiger partial charge in [0.2, 0.25) is 0 Å². The summed E-state index contributed by atoms with van der Waals surface area (Å²) in [6.07, 6.45) is -0.686. The number of carboxylic acids is 2. The Balaban J connectivity index is 2.53. The second kappa shape index (κ2) is 6.19. The van der Waals surface area contributed by atoms with E-state index in [-0.39, 0.29) is 16.5 Å². The minimum Gasteiger partial charge on any atom is -0.478 e. The summed E-state index contributed by atoms with van der Waals surface area (Å²) >= 11 is 0. The molecule has 0 unspecified atom stereocenters. The van der Waals surface area contributed by atoms with Crippen LogP contribution in [0.3, 0.4) is 0 Å². The van der Waals surface area contributed by atoms with Gasteiger partial charge in [0, 0.05) is 5.39 Å². The minimum atomic E-state index is -1.19. The number of carboxylic acid groups (broad SMARTS) is 2. The molecule has 2 rings (SSSR count). The lowest BCUT2D eigenvalue weighted by atomic mass is 10.00. The lowest BCUT2D eigenvalue weighted by Gasteiger charge is -2.20. The van der Waals surface area contributed by atoms with Gasteiger partial charge in [0.15, 0.2) is 0 Å². The molecular formula is C17H17NO6. The summed E-state index contributed by atoms with van der Waals surface area (Å²) in [5.41, 5.74) is -0.444. The molecule has 0 atom stereocenters. The highest BCUT2D eigenvalue weighted by molar-refractivity contribution is 6.11. The van der Waals surface area contributed by atoms with Gasteiger partial charge in [0.25, 0.3) is 0 Å². The van der Waals surface area contributed by atoms with Crippen LogP contribution in [0.2, 0.25) is 0 Å². The van der Waals surface area contributed by atoms with E-state index in [1.165, 1.54) is 30.3 Å². The number of hydrogen-bond acceptors (Lipinski definition) is 4. The van der Waals surface area contributed by atoms with Gasteiger partial charge >= 0.3 is 18.0 Å². The maximum Gasteiger partial charge on any atom is 0.412 e. The molecule has 2 aromatic rings. The molecule has 0 saturated heterocycles. The molecule has 0 spiro atoms. The first-order valence-electron chi connectivity index (χ1n) is 7.12. The Morgan fingerprint density at radius 3 is 2.17 bits per heavy atom. The summed E-state index contributed by atoms with van der Waals surface area (Å²) in [5, 5.41) is 21.5. The van der Waals surface area contributed by atoms with Crippen molar-refractivity contribution in [2.24, 2.45) is 0 Å². The number of ether oxygens (including phenoxy) is 1. The minimum absolute atomic E-state index is 0.0422. The smallest absolute Gasteiger partial charge is 0.412 e. The molecular weight excluding hydrogens is 314 g/mol. The largest absolute Gasteiger partial charge is 0.478 e. The van der Waals surface area contributed by atoms with E-state index >= 15 is 0 Å². The molecule has 0 aromatic heterocycles. The van der Waals surface area contributed by atoms with Crippen LogP contribution in [-0.2, 0) is 4.74 Å². The molecule has 7 heteroatoms. The predicted molar refractivity (Wildman–Crippen MR) is 87.7 cm³/mol. The van der Waals surface area contributed by atoms with Crippen molar-refractivity contribution in [3.63, 3.8) is 0 Å². The van der Waals surface area contributed by atoms with E-state index in [0.29, 0.717) is 11.1 Å². The Labute approximate surface area is 137 Å². The third-order valence-electron chi connectivity index (χ3n) is 3.13.